The van der Waals surface area contributed by atoms with Crippen LogP contribution in [-0.2, 0) is 37.9 Å². The van der Waals surface area contributed by atoms with Crippen molar-refractivity contribution in [3.05, 3.63) is 118 Å². The number of esters is 1. The summed E-state index contributed by atoms with van der Waals surface area (Å²) in [6.45, 7) is 16.3. The summed E-state index contributed by atoms with van der Waals surface area (Å²) in [5.74, 6) is -5.28. The maximum atomic E-state index is 17.3. The lowest BCUT2D eigenvalue weighted by Crippen LogP contribution is -2.51. The molecule has 6 aromatic rings. The Morgan fingerprint density at radius 1 is 0.971 bits per heavy atom. The van der Waals surface area contributed by atoms with Crippen molar-refractivity contribution in [1.82, 2.24) is 29.2 Å². The van der Waals surface area contributed by atoms with Crippen LogP contribution in [0.3, 0.4) is 0 Å². The lowest BCUT2D eigenvalue weighted by atomic mass is 9.76. The van der Waals surface area contributed by atoms with Crippen LogP contribution in [0.25, 0.3) is 22.3 Å². The predicted molar refractivity (Wildman–Crippen MR) is 263 cm³/mol. The number of halogens is 4. The van der Waals surface area contributed by atoms with Gasteiger partial charge < -0.3 is 23.2 Å². The summed E-state index contributed by atoms with van der Waals surface area (Å²) in [5, 5.41) is 11.7. The second-order valence-electron chi connectivity index (χ2n) is 19.9. The molecule has 3 unspecified atom stereocenters. The molecule has 1 aliphatic rings. The quantitative estimate of drug-likeness (QED) is 0.0323. The van der Waals surface area contributed by atoms with Gasteiger partial charge in [0.05, 0.1) is 24.0 Å². The molecule has 1 N–H and O–H groups in total. The van der Waals surface area contributed by atoms with Crippen molar-refractivity contribution in [3.8, 4) is 17.3 Å². The maximum Gasteiger partial charge on any atom is 0.308 e. The third kappa shape index (κ3) is 10.4. The van der Waals surface area contributed by atoms with Crippen molar-refractivity contribution >= 4 is 31.4 Å². The molecule has 0 saturated carbocycles. The zero-order chi connectivity index (χ0) is 50.7. The van der Waals surface area contributed by atoms with Crippen LogP contribution < -0.4 is 4.74 Å². The van der Waals surface area contributed by atoms with E-state index in [2.05, 4.69) is 56.0 Å². The van der Waals surface area contributed by atoms with Crippen molar-refractivity contribution in [2.75, 3.05) is 20.3 Å². The van der Waals surface area contributed by atoms with Crippen molar-refractivity contribution in [1.29, 1.82) is 0 Å². The molecule has 0 bridgehead atoms. The normalized spacial score (nSPS) is 16.5. The maximum absolute atomic E-state index is 17.3. The van der Waals surface area contributed by atoms with E-state index in [-0.39, 0.29) is 40.6 Å². The summed E-state index contributed by atoms with van der Waals surface area (Å²) in [6.07, 6.45) is 3.82. The first kappa shape index (κ1) is 52.2. The van der Waals surface area contributed by atoms with Crippen LogP contribution in [0.1, 0.15) is 132 Å². The molecule has 3 aromatic heterocycles. The number of nitrogens with zero attached hydrogens (tertiary/aromatic N) is 5. The highest BCUT2D eigenvalue weighted by atomic mass is 28.3. The molecule has 1 fully saturated rings. The van der Waals surface area contributed by atoms with Crippen molar-refractivity contribution < 1.29 is 46.1 Å². The van der Waals surface area contributed by atoms with Gasteiger partial charge in [-0.05, 0) is 103 Å². The molecule has 376 valence electrons. The van der Waals surface area contributed by atoms with Gasteiger partial charge in [-0.15, -0.1) is 5.10 Å². The Morgan fingerprint density at radius 3 is 2.36 bits per heavy atom. The number of H-pyrrole nitrogens is 1. The summed E-state index contributed by atoms with van der Waals surface area (Å²) in [5.41, 5.74) is 2.03. The molecular weight excluding hydrogens is 921 g/mol. The Kier molecular flexibility index (Phi) is 15.9. The first-order valence-electron chi connectivity index (χ1n) is 24.2. The number of methoxy groups -OCH3 is 1. The number of hydrogen-bond acceptors (Lipinski definition) is 9. The van der Waals surface area contributed by atoms with Gasteiger partial charge in [0.2, 0.25) is 5.88 Å². The number of benzene rings is 3. The number of aromatic nitrogens is 6. The van der Waals surface area contributed by atoms with Gasteiger partial charge in [-0.25, -0.2) is 27.2 Å². The molecule has 3 aromatic carbocycles. The minimum atomic E-state index is -3.31. The zero-order valence-corrected chi connectivity index (χ0v) is 42.8. The lowest BCUT2D eigenvalue weighted by molar-refractivity contribution is -0.181. The Morgan fingerprint density at radius 2 is 1.71 bits per heavy atom. The van der Waals surface area contributed by atoms with Crippen molar-refractivity contribution in [2.45, 2.75) is 134 Å². The molecule has 4 atom stereocenters. The van der Waals surface area contributed by atoms with Crippen LogP contribution in [0.4, 0.5) is 17.6 Å². The molecular formula is C53H66F4N6O6Si. The molecule has 0 radical (unpaired) electrons. The largest absolute Gasteiger partial charge is 0.470 e. The molecule has 0 spiro atoms. The van der Waals surface area contributed by atoms with Crippen LogP contribution in [-0.4, -0.2) is 82.2 Å². The minimum absolute atomic E-state index is 0.00251. The van der Waals surface area contributed by atoms with Crippen LogP contribution in [0, 0.1) is 17.6 Å². The van der Waals surface area contributed by atoms with E-state index in [0.29, 0.717) is 64.4 Å². The number of aromatic amines is 1. The Hall–Kier alpha value is -5.65. The standard InChI is InChI=1S/C53H66F4N6O6Si/c1-32(2)70(33(3)4,34(5)6)63-24-20-39-41(30-64)47(43(55)29-44(39)63)48(69-46-16-11-12-25-67-46)37-17-18-42(54)40(28-37)49-59-51(61-62(49)9)52(8,21-22-53(56,57)31-68-45-19-23-58-60-45)38-15-13-14-36(27-38)26-35(7)50(65)66-10/h13-15,17-20,23-24,27-30,32-35,46,48H,11-12,16,21-22,25-26,31H2,1-10H3,(H,58,60)/t35-,46?,48?,52?/m0/s1. The lowest BCUT2D eigenvalue weighted by Gasteiger charge is -2.44. The number of aryl methyl sites for hydroxylation is 1. The summed E-state index contributed by atoms with van der Waals surface area (Å²) in [4.78, 5) is 30.7. The van der Waals surface area contributed by atoms with E-state index in [1.807, 2.05) is 24.4 Å². The number of fused-ring (bicyclic) bond motifs is 1. The van der Waals surface area contributed by atoms with E-state index >= 15 is 17.6 Å². The van der Waals surface area contributed by atoms with Gasteiger partial charge in [-0.3, -0.25) is 14.7 Å². The van der Waals surface area contributed by atoms with Crippen molar-refractivity contribution in [2.24, 2.45) is 13.0 Å². The molecule has 1 aliphatic heterocycles. The van der Waals surface area contributed by atoms with Crippen LogP contribution >= 0.6 is 0 Å². The van der Waals surface area contributed by atoms with Gasteiger partial charge in [0, 0.05) is 54.4 Å². The van der Waals surface area contributed by atoms with Crippen LogP contribution in [0.15, 0.2) is 73.1 Å². The number of hydrogen-bond donors (Lipinski definition) is 1. The molecule has 0 amide bonds. The van der Waals surface area contributed by atoms with E-state index in [0.717, 1.165) is 18.4 Å². The zero-order valence-electron chi connectivity index (χ0n) is 41.8. The average molecular weight is 987 g/mol. The molecule has 4 heterocycles. The van der Waals surface area contributed by atoms with Gasteiger partial charge >= 0.3 is 5.97 Å². The second-order valence-corrected chi connectivity index (χ2v) is 25.6. The topological polar surface area (TPSA) is 135 Å². The van der Waals surface area contributed by atoms with Crippen LogP contribution in [0.2, 0.25) is 16.6 Å². The number of aldehydes is 1. The number of ether oxygens (including phenoxy) is 4. The highest BCUT2D eigenvalue weighted by Crippen LogP contribution is 2.46. The second kappa shape index (κ2) is 21.4. The molecule has 7 rings (SSSR count). The first-order chi connectivity index (χ1) is 33.2. The molecule has 0 aliphatic carbocycles. The highest BCUT2D eigenvalue weighted by Gasteiger charge is 2.46. The van der Waals surface area contributed by atoms with Crippen LogP contribution in [0.5, 0.6) is 5.88 Å². The number of alkyl halides is 2. The average Bonchev–Trinajstić information content (AvgIpc) is 4.11. The van der Waals surface area contributed by atoms with E-state index in [4.69, 9.17) is 29.0 Å². The third-order valence-electron chi connectivity index (χ3n) is 14.4. The molecule has 17 heteroatoms. The Labute approximate surface area is 408 Å². The summed E-state index contributed by atoms with van der Waals surface area (Å²) < 4.78 is 91.9. The highest BCUT2D eigenvalue weighted by molar-refractivity contribution is 6.82. The van der Waals surface area contributed by atoms with Gasteiger partial charge in [0.15, 0.2) is 39.1 Å². The summed E-state index contributed by atoms with van der Waals surface area (Å²) in [7, 11) is 0.514. The van der Waals surface area contributed by atoms with Gasteiger partial charge in [-0.2, -0.15) is 5.10 Å². The predicted octanol–water partition coefficient (Wildman–Crippen LogP) is 12.1. The SMILES string of the molecule is COC(=O)[C@@H](C)Cc1cccc(C(C)(CCC(F)(F)COc2cc[nH]n2)c2nc(-c3cc(C(OC4CCCCO4)c4c(F)cc5c(ccn5[Si](C(C)C)(C(C)C)C(C)C)c4C=O)ccc3F)n(C)n2)c1. The van der Waals surface area contributed by atoms with E-state index in [1.54, 1.807) is 33.0 Å². The fourth-order valence-corrected chi connectivity index (χ4v) is 17.6. The molecule has 12 nitrogen and oxygen atoms in total. The van der Waals surface area contributed by atoms with E-state index in [9.17, 15) is 9.59 Å². The van der Waals surface area contributed by atoms with Crippen molar-refractivity contribution in [3.63, 3.8) is 0 Å². The monoisotopic (exact) mass is 986 g/mol. The third-order valence-corrected chi connectivity index (χ3v) is 21.2. The fourth-order valence-electron chi connectivity index (χ4n) is 10.9. The summed E-state index contributed by atoms with van der Waals surface area (Å²) >= 11 is 0. The number of carbonyl (C=O) groups excluding carboxylic acids is 2. The smallest absolute Gasteiger partial charge is 0.308 e. The van der Waals surface area contributed by atoms with Gasteiger partial charge in [0.25, 0.3) is 5.92 Å². The van der Waals surface area contributed by atoms with Gasteiger partial charge in [-0.1, -0.05) is 78.8 Å². The Balaban J connectivity index is 1.33. The van der Waals surface area contributed by atoms with E-state index < -0.39 is 68.5 Å². The summed E-state index contributed by atoms with van der Waals surface area (Å²) in [6, 6.07) is 16.3. The fraction of sp³-hybridized carbons (Fsp3) is 0.491. The first-order valence-corrected chi connectivity index (χ1v) is 26.4. The number of carbonyl (C=O) groups is 2. The number of rotatable bonds is 21. The van der Waals surface area contributed by atoms with E-state index in [1.165, 1.54) is 48.3 Å². The molecule has 1 saturated heterocycles. The minimum Gasteiger partial charge on any atom is -0.470 e. The number of nitrogens with one attached hydrogen (secondary N) is 1. The van der Waals surface area contributed by atoms with Gasteiger partial charge in [0.1, 0.15) is 17.7 Å². The Bertz CT molecular complexity index is 2750. The molecule has 70 heavy (non-hydrogen) atoms.